The van der Waals surface area contributed by atoms with Gasteiger partial charge in [0.05, 0.1) is 0 Å². The third-order valence-electron chi connectivity index (χ3n) is 1.94. The van der Waals surface area contributed by atoms with Crippen LogP contribution in [0.25, 0.3) is 0 Å². The Morgan fingerprint density at radius 2 is 2.36 bits per heavy atom. The van der Waals surface area contributed by atoms with E-state index in [1.807, 2.05) is 0 Å². The molecule has 1 aromatic heterocycles. The van der Waals surface area contributed by atoms with E-state index < -0.39 is 0 Å². The molecule has 0 aliphatic heterocycles. The van der Waals surface area contributed by atoms with Crippen molar-refractivity contribution in [2.45, 2.75) is 33.2 Å². The van der Waals surface area contributed by atoms with Gasteiger partial charge >= 0.3 is 0 Å². The van der Waals surface area contributed by atoms with E-state index in [-0.39, 0.29) is 0 Å². The van der Waals surface area contributed by atoms with E-state index in [1.54, 1.807) is 11.0 Å². The van der Waals surface area contributed by atoms with Crippen LogP contribution >= 0.6 is 0 Å². The first-order chi connectivity index (χ1) is 5.33. The zero-order chi connectivity index (χ0) is 8.10. The molecular weight excluding hydrogens is 140 g/mol. The summed E-state index contributed by atoms with van der Waals surface area (Å²) in [6.45, 7) is 5.37. The molecule has 0 saturated carbocycles. The van der Waals surface area contributed by atoms with Gasteiger partial charge in [-0.25, -0.2) is 4.68 Å². The highest BCUT2D eigenvalue weighted by molar-refractivity contribution is 4.52. The lowest BCUT2D eigenvalue weighted by molar-refractivity contribution is 0.443. The van der Waals surface area contributed by atoms with Crippen molar-refractivity contribution in [1.29, 1.82) is 0 Å². The highest BCUT2D eigenvalue weighted by atomic mass is 15.5. The van der Waals surface area contributed by atoms with E-state index >= 15 is 0 Å². The van der Waals surface area contributed by atoms with Crippen LogP contribution in [0.5, 0.6) is 0 Å². The Balaban J connectivity index is 2.23. The summed E-state index contributed by atoms with van der Waals surface area (Å²) in [5, 5.41) is 10.9. The van der Waals surface area contributed by atoms with Crippen LogP contribution in [0.3, 0.4) is 0 Å². The van der Waals surface area contributed by atoms with Gasteiger partial charge in [0.1, 0.15) is 6.33 Å². The fourth-order valence-corrected chi connectivity index (χ4v) is 0.840. The minimum Gasteiger partial charge on any atom is -0.233 e. The lowest BCUT2D eigenvalue weighted by Gasteiger charge is -2.05. The first-order valence-corrected chi connectivity index (χ1v) is 4.03. The molecule has 0 N–H and O–H groups in total. The predicted octanol–water partition coefficient (Wildman–Crippen LogP) is 1.11. The molecule has 11 heavy (non-hydrogen) atoms. The highest BCUT2D eigenvalue weighted by Crippen LogP contribution is 2.06. The second kappa shape index (κ2) is 4.05. The minimum atomic E-state index is 0.763. The summed E-state index contributed by atoms with van der Waals surface area (Å²) < 4.78 is 1.77. The second-order valence-electron chi connectivity index (χ2n) is 2.87. The van der Waals surface area contributed by atoms with Crippen molar-refractivity contribution in [2.24, 2.45) is 5.92 Å². The van der Waals surface area contributed by atoms with Gasteiger partial charge in [0.15, 0.2) is 0 Å². The van der Waals surface area contributed by atoms with Crippen LogP contribution in [0, 0.1) is 5.92 Å². The van der Waals surface area contributed by atoms with E-state index in [1.165, 1.54) is 6.42 Å². The maximum atomic E-state index is 3.78. The van der Waals surface area contributed by atoms with Crippen molar-refractivity contribution >= 4 is 0 Å². The Morgan fingerprint density at radius 3 is 2.91 bits per heavy atom. The van der Waals surface area contributed by atoms with Crippen LogP contribution in [0.2, 0.25) is 0 Å². The van der Waals surface area contributed by atoms with Gasteiger partial charge in [-0.2, -0.15) is 0 Å². The van der Waals surface area contributed by atoms with Gasteiger partial charge in [0, 0.05) is 6.54 Å². The maximum absolute atomic E-state index is 3.78. The first kappa shape index (κ1) is 8.17. The minimum absolute atomic E-state index is 0.763. The molecular formula is C7H14N4. The van der Waals surface area contributed by atoms with Crippen LogP contribution in [-0.4, -0.2) is 20.2 Å². The molecule has 1 atom stereocenters. The fourth-order valence-electron chi connectivity index (χ4n) is 0.840. The highest BCUT2D eigenvalue weighted by Gasteiger charge is 1.99. The summed E-state index contributed by atoms with van der Waals surface area (Å²) >= 11 is 0. The second-order valence-corrected chi connectivity index (χ2v) is 2.87. The molecule has 0 bridgehead atoms. The molecule has 0 aliphatic carbocycles. The normalized spacial score (nSPS) is 13.3. The molecule has 1 heterocycles. The Morgan fingerprint density at radius 1 is 1.55 bits per heavy atom. The van der Waals surface area contributed by atoms with Crippen LogP contribution in [0.4, 0.5) is 0 Å². The summed E-state index contributed by atoms with van der Waals surface area (Å²) in [4.78, 5) is 0. The summed E-state index contributed by atoms with van der Waals surface area (Å²) in [5.41, 5.74) is 0. The van der Waals surface area contributed by atoms with E-state index in [9.17, 15) is 0 Å². The molecule has 0 amide bonds. The Labute approximate surface area is 66.6 Å². The average molecular weight is 154 g/mol. The van der Waals surface area contributed by atoms with Crippen molar-refractivity contribution in [2.75, 3.05) is 0 Å². The van der Waals surface area contributed by atoms with Gasteiger partial charge in [-0.05, 0) is 22.8 Å². The van der Waals surface area contributed by atoms with Gasteiger partial charge in [-0.1, -0.05) is 20.3 Å². The third kappa shape index (κ3) is 2.65. The lowest BCUT2D eigenvalue weighted by atomic mass is 10.1. The molecule has 0 fully saturated rings. The molecule has 0 spiro atoms. The SMILES string of the molecule is CCC(C)CCn1cnnn1. The quantitative estimate of drug-likeness (QED) is 0.652. The molecule has 4 heteroatoms. The molecule has 0 radical (unpaired) electrons. The molecule has 62 valence electrons. The first-order valence-electron chi connectivity index (χ1n) is 4.03. The van der Waals surface area contributed by atoms with Crippen molar-refractivity contribution in [3.8, 4) is 0 Å². The maximum Gasteiger partial charge on any atom is 0.138 e. The van der Waals surface area contributed by atoms with Crippen LogP contribution in [0.15, 0.2) is 6.33 Å². The standard InChI is InChI=1S/C7H14N4/c1-3-7(2)4-5-11-6-8-9-10-11/h6-7H,3-5H2,1-2H3. The molecule has 1 rings (SSSR count). The Kier molecular flexibility index (Phi) is 3.01. The van der Waals surface area contributed by atoms with Crippen molar-refractivity contribution < 1.29 is 0 Å². The van der Waals surface area contributed by atoms with E-state index in [2.05, 4.69) is 29.4 Å². The topological polar surface area (TPSA) is 43.6 Å². The third-order valence-corrected chi connectivity index (χ3v) is 1.94. The van der Waals surface area contributed by atoms with Gasteiger partial charge in [-0.3, -0.25) is 0 Å². The lowest BCUT2D eigenvalue weighted by Crippen LogP contribution is -2.03. The van der Waals surface area contributed by atoms with E-state index in [4.69, 9.17) is 0 Å². The van der Waals surface area contributed by atoms with Crippen LogP contribution < -0.4 is 0 Å². The predicted molar refractivity (Wildman–Crippen MR) is 41.9 cm³/mol. The summed E-state index contributed by atoms with van der Waals surface area (Å²) in [5.74, 6) is 0.763. The monoisotopic (exact) mass is 154 g/mol. The number of nitrogens with zero attached hydrogens (tertiary/aromatic N) is 4. The van der Waals surface area contributed by atoms with E-state index in [0.29, 0.717) is 0 Å². The van der Waals surface area contributed by atoms with Gasteiger partial charge in [0.25, 0.3) is 0 Å². The zero-order valence-electron chi connectivity index (χ0n) is 7.06. The average Bonchev–Trinajstić information content (AvgIpc) is 2.52. The number of aromatic nitrogens is 4. The van der Waals surface area contributed by atoms with Gasteiger partial charge in [0.2, 0.25) is 0 Å². The molecule has 0 aliphatic rings. The summed E-state index contributed by atoms with van der Waals surface area (Å²) in [7, 11) is 0. The fraction of sp³-hybridized carbons (Fsp3) is 0.857. The molecule has 1 aromatic rings. The number of tetrazole rings is 1. The largest absolute Gasteiger partial charge is 0.233 e. The Bertz CT molecular complexity index is 182. The van der Waals surface area contributed by atoms with Crippen LogP contribution in [-0.2, 0) is 6.54 Å². The smallest absolute Gasteiger partial charge is 0.138 e. The summed E-state index contributed by atoms with van der Waals surface area (Å²) in [6, 6.07) is 0. The van der Waals surface area contributed by atoms with E-state index in [0.717, 1.165) is 18.9 Å². The molecule has 0 saturated heterocycles. The number of hydrogen-bond acceptors (Lipinski definition) is 3. The van der Waals surface area contributed by atoms with Crippen molar-refractivity contribution in [3.05, 3.63) is 6.33 Å². The van der Waals surface area contributed by atoms with Crippen molar-refractivity contribution in [3.63, 3.8) is 0 Å². The Hall–Kier alpha value is -0.930. The van der Waals surface area contributed by atoms with Crippen molar-refractivity contribution in [1.82, 2.24) is 20.2 Å². The summed E-state index contributed by atoms with van der Waals surface area (Å²) in [6.07, 6.45) is 4.03. The molecule has 1 unspecified atom stereocenters. The van der Waals surface area contributed by atoms with Gasteiger partial charge in [-0.15, -0.1) is 5.10 Å². The molecule has 0 aromatic carbocycles. The number of rotatable bonds is 4. The van der Waals surface area contributed by atoms with Gasteiger partial charge < -0.3 is 0 Å². The molecule has 4 nitrogen and oxygen atoms in total. The number of hydrogen-bond donors (Lipinski definition) is 0. The number of aryl methyl sites for hydroxylation is 1. The zero-order valence-corrected chi connectivity index (χ0v) is 7.06. The van der Waals surface area contributed by atoms with Crippen LogP contribution in [0.1, 0.15) is 26.7 Å².